The Hall–Kier alpha value is -3.24. The van der Waals surface area contributed by atoms with Crippen LogP contribution in [0.3, 0.4) is 0 Å². The second-order valence-electron chi connectivity index (χ2n) is 6.44. The summed E-state index contributed by atoms with van der Waals surface area (Å²) in [6.45, 7) is 4.22. The van der Waals surface area contributed by atoms with E-state index in [-0.39, 0.29) is 30.9 Å². The van der Waals surface area contributed by atoms with E-state index >= 15 is 0 Å². The smallest absolute Gasteiger partial charge is 0.293 e. The first-order valence-corrected chi connectivity index (χ1v) is 9.85. The van der Waals surface area contributed by atoms with Gasteiger partial charge in [0, 0.05) is 5.56 Å². The number of para-hydroxylation sites is 1. The molecule has 0 aliphatic carbocycles. The molecule has 0 bridgehead atoms. The number of carbonyl (C=O) groups is 2. The predicted octanol–water partition coefficient (Wildman–Crippen LogP) is 4.32. The van der Waals surface area contributed by atoms with E-state index in [0.29, 0.717) is 16.2 Å². The topological polar surface area (TPSA) is 79.6 Å². The summed E-state index contributed by atoms with van der Waals surface area (Å²) in [7, 11) is 0. The van der Waals surface area contributed by atoms with Gasteiger partial charge in [-0.25, -0.2) is 0 Å². The lowest BCUT2D eigenvalue weighted by Crippen LogP contribution is -2.32. The maximum atomic E-state index is 12.7. The monoisotopic (exact) mass is 408 g/mol. The van der Waals surface area contributed by atoms with E-state index in [2.05, 4.69) is 0 Å². The fourth-order valence-electron chi connectivity index (χ4n) is 2.78. The molecule has 3 rings (SSSR count). The van der Waals surface area contributed by atoms with Gasteiger partial charge < -0.3 is 9.47 Å². The average Bonchev–Trinajstić information content (AvgIpc) is 2.97. The van der Waals surface area contributed by atoms with E-state index in [1.165, 1.54) is 4.90 Å². The van der Waals surface area contributed by atoms with E-state index in [4.69, 9.17) is 14.7 Å². The molecule has 6 nitrogen and oxygen atoms in total. The Labute approximate surface area is 173 Å². The van der Waals surface area contributed by atoms with Crippen molar-refractivity contribution < 1.29 is 19.1 Å². The Bertz CT molecular complexity index is 1010. The molecule has 1 aliphatic rings. The molecule has 0 aromatic heterocycles. The highest BCUT2D eigenvalue weighted by Gasteiger charge is 2.35. The molecule has 0 atom stereocenters. The SMILES string of the molecule is Cc1ccc(C)c(OCCN2C(=O)S/C(=C\c3ccccc3OCC#N)C2=O)c1. The largest absolute Gasteiger partial charge is 0.491 e. The predicted molar refractivity (Wildman–Crippen MR) is 112 cm³/mol. The van der Waals surface area contributed by atoms with Gasteiger partial charge in [0.25, 0.3) is 11.1 Å². The summed E-state index contributed by atoms with van der Waals surface area (Å²) in [5, 5.41) is 8.37. The van der Waals surface area contributed by atoms with Crippen molar-refractivity contribution >= 4 is 29.0 Å². The van der Waals surface area contributed by atoms with Crippen LogP contribution >= 0.6 is 11.8 Å². The van der Waals surface area contributed by atoms with Crippen molar-refractivity contribution in [3.8, 4) is 17.6 Å². The number of hydrogen-bond acceptors (Lipinski definition) is 6. The number of imide groups is 1. The van der Waals surface area contributed by atoms with Crippen LogP contribution in [0, 0.1) is 25.2 Å². The van der Waals surface area contributed by atoms with Crippen LogP contribution in [-0.4, -0.2) is 35.8 Å². The minimum Gasteiger partial charge on any atom is -0.491 e. The van der Waals surface area contributed by atoms with E-state index in [1.54, 1.807) is 30.3 Å². The van der Waals surface area contributed by atoms with Crippen LogP contribution in [0.4, 0.5) is 4.79 Å². The van der Waals surface area contributed by atoms with Crippen LogP contribution in [0.1, 0.15) is 16.7 Å². The molecule has 0 spiro atoms. The highest BCUT2D eigenvalue weighted by molar-refractivity contribution is 8.18. The molecule has 1 heterocycles. The van der Waals surface area contributed by atoms with Gasteiger partial charge in [0.1, 0.15) is 24.2 Å². The van der Waals surface area contributed by atoms with Gasteiger partial charge in [-0.2, -0.15) is 5.26 Å². The Balaban J connectivity index is 1.68. The Morgan fingerprint density at radius 3 is 2.69 bits per heavy atom. The molecular weight excluding hydrogens is 388 g/mol. The van der Waals surface area contributed by atoms with Crippen LogP contribution in [0.2, 0.25) is 0 Å². The number of nitrogens with zero attached hydrogens (tertiary/aromatic N) is 2. The molecule has 0 N–H and O–H groups in total. The molecule has 0 saturated carbocycles. The van der Waals surface area contributed by atoms with Crippen molar-refractivity contribution in [2.45, 2.75) is 13.8 Å². The average molecular weight is 408 g/mol. The van der Waals surface area contributed by atoms with Crippen molar-refractivity contribution in [1.29, 1.82) is 5.26 Å². The highest BCUT2D eigenvalue weighted by Crippen LogP contribution is 2.34. The molecule has 2 aromatic rings. The summed E-state index contributed by atoms with van der Waals surface area (Å²) in [5.74, 6) is 0.870. The molecule has 1 saturated heterocycles. The van der Waals surface area contributed by atoms with E-state index < -0.39 is 0 Å². The quantitative estimate of drug-likeness (QED) is 0.635. The third-order valence-electron chi connectivity index (χ3n) is 4.29. The molecular formula is C22H20N2O4S. The molecule has 1 aliphatic heterocycles. The lowest BCUT2D eigenvalue weighted by Gasteiger charge is -2.14. The maximum Gasteiger partial charge on any atom is 0.293 e. The fourth-order valence-corrected chi connectivity index (χ4v) is 3.64. The normalized spacial score (nSPS) is 14.9. The van der Waals surface area contributed by atoms with Gasteiger partial charge in [-0.05, 0) is 54.9 Å². The molecule has 2 amide bonds. The zero-order valence-electron chi connectivity index (χ0n) is 16.2. The van der Waals surface area contributed by atoms with Crippen LogP contribution in [0.15, 0.2) is 47.4 Å². The van der Waals surface area contributed by atoms with E-state index in [9.17, 15) is 9.59 Å². The lowest BCUT2D eigenvalue weighted by atomic mass is 10.1. The number of amides is 2. The standard InChI is InChI=1S/C22H20N2O4S/c1-15-7-8-16(2)19(13-15)28-12-10-24-21(25)20(29-22(24)26)14-17-5-3-4-6-18(17)27-11-9-23/h3-8,13-14H,10-12H2,1-2H3/b20-14-. The first-order valence-electron chi connectivity index (χ1n) is 9.04. The van der Waals surface area contributed by atoms with Crippen molar-refractivity contribution in [1.82, 2.24) is 4.90 Å². The lowest BCUT2D eigenvalue weighted by molar-refractivity contribution is -0.123. The number of aryl methyl sites for hydroxylation is 2. The number of rotatable bonds is 7. The fraction of sp³-hybridized carbons (Fsp3) is 0.227. The van der Waals surface area contributed by atoms with Gasteiger partial charge in [0.2, 0.25) is 0 Å². The number of hydrogen-bond donors (Lipinski definition) is 0. The summed E-state index contributed by atoms with van der Waals surface area (Å²) >= 11 is 0.883. The first kappa shape index (κ1) is 20.5. The van der Waals surface area contributed by atoms with Crippen LogP contribution in [0.5, 0.6) is 11.5 Å². The summed E-state index contributed by atoms with van der Waals surface area (Å²) in [5.41, 5.74) is 2.72. The Morgan fingerprint density at radius 1 is 1.10 bits per heavy atom. The van der Waals surface area contributed by atoms with Gasteiger partial charge in [0.15, 0.2) is 6.61 Å². The summed E-state index contributed by atoms with van der Waals surface area (Å²) in [4.78, 5) is 26.5. The number of benzene rings is 2. The Kier molecular flexibility index (Phi) is 6.57. The van der Waals surface area contributed by atoms with Crippen molar-refractivity contribution in [2.24, 2.45) is 0 Å². The minimum atomic E-state index is -0.361. The van der Waals surface area contributed by atoms with Crippen molar-refractivity contribution in [2.75, 3.05) is 19.8 Å². The molecule has 2 aromatic carbocycles. The Morgan fingerprint density at radius 2 is 1.90 bits per heavy atom. The molecule has 0 unspecified atom stereocenters. The van der Waals surface area contributed by atoms with Crippen molar-refractivity contribution in [3.63, 3.8) is 0 Å². The molecule has 0 radical (unpaired) electrons. The van der Waals surface area contributed by atoms with Crippen LogP contribution < -0.4 is 9.47 Å². The third-order valence-corrected chi connectivity index (χ3v) is 5.19. The minimum absolute atomic E-state index is 0.0952. The second kappa shape index (κ2) is 9.30. The molecule has 29 heavy (non-hydrogen) atoms. The summed E-state index contributed by atoms with van der Waals surface area (Å²) in [6.07, 6.45) is 1.61. The first-order chi connectivity index (χ1) is 14.0. The number of ether oxygens (including phenoxy) is 2. The summed E-state index contributed by atoms with van der Waals surface area (Å²) in [6, 6.07) is 14.9. The second-order valence-corrected chi connectivity index (χ2v) is 7.43. The number of thioether (sulfide) groups is 1. The van der Waals surface area contributed by atoms with E-state index in [1.807, 2.05) is 38.1 Å². The molecule has 1 fully saturated rings. The van der Waals surface area contributed by atoms with Gasteiger partial charge >= 0.3 is 0 Å². The maximum absolute atomic E-state index is 12.7. The summed E-state index contributed by atoms with van der Waals surface area (Å²) < 4.78 is 11.1. The van der Waals surface area contributed by atoms with Crippen molar-refractivity contribution in [3.05, 3.63) is 64.1 Å². The third kappa shape index (κ3) is 4.98. The van der Waals surface area contributed by atoms with Crippen LogP contribution in [0.25, 0.3) is 6.08 Å². The van der Waals surface area contributed by atoms with Gasteiger partial charge in [-0.3, -0.25) is 14.5 Å². The zero-order valence-corrected chi connectivity index (χ0v) is 17.0. The zero-order chi connectivity index (χ0) is 20.8. The van der Waals surface area contributed by atoms with E-state index in [0.717, 1.165) is 28.6 Å². The highest BCUT2D eigenvalue weighted by atomic mass is 32.2. The van der Waals surface area contributed by atoms with Gasteiger partial charge in [-0.15, -0.1) is 0 Å². The molecule has 7 heteroatoms. The number of carbonyl (C=O) groups excluding carboxylic acids is 2. The van der Waals surface area contributed by atoms with Crippen LogP contribution in [-0.2, 0) is 4.79 Å². The molecule has 148 valence electrons. The number of nitriles is 1. The van der Waals surface area contributed by atoms with Gasteiger partial charge in [-0.1, -0.05) is 30.3 Å². The van der Waals surface area contributed by atoms with Gasteiger partial charge in [0.05, 0.1) is 11.4 Å².